The van der Waals surface area contributed by atoms with Crippen LogP contribution in [0.2, 0.25) is 19.6 Å². The molecule has 21 heavy (non-hydrogen) atoms. The molecule has 0 saturated carbocycles. The van der Waals surface area contributed by atoms with E-state index in [1.165, 1.54) is 10.9 Å². The molecule has 0 aliphatic rings. The van der Waals surface area contributed by atoms with Gasteiger partial charge in [0.15, 0.2) is 0 Å². The van der Waals surface area contributed by atoms with Crippen LogP contribution in [0.4, 0.5) is 0 Å². The summed E-state index contributed by atoms with van der Waals surface area (Å²) in [6, 6.07) is 22.3. The molecule has 0 spiro atoms. The molecule has 0 bridgehead atoms. The summed E-state index contributed by atoms with van der Waals surface area (Å²) >= 11 is 0. The first-order chi connectivity index (χ1) is 9.91. The summed E-state index contributed by atoms with van der Waals surface area (Å²) in [6.45, 7) is 12.3. The van der Waals surface area contributed by atoms with Crippen molar-refractivity contribution in [1.82, 2.24) is 4.48 Å². The van der Waals surface area contributed by atoms with Crippen LogP contribution in [0, 0.1) is 0 Å². The molecule has 0 aliphatic heterocycles. The van der Waals surface area contributed by atoms with E-state index in [0.717, 1.165) is 0 Å². The maximum Gasteiger partial charge on any atom is 0.285 e. The summed E-state index contributed by atoms with van der Waals surface area (Å²) in [7, 11) is -1.45. The van der Waals surface area contributed by atoms with E-state index in [1.807, 2.05) is 0 Å². The zero-order valence-electron chi connectivity index (χ0n) is 13.9. The topological polar surface area (TPSA) is 3.24 Å². The Morgan fingerprint density at radius 2 is 1.14 bits per heavy atom. The summed E-state index contributed by atoms with van der Waals surface area (Å²) in [4.78, 5) is 0. The van der Waals surface area contributed by atoms with Gasteiger partial charge in [0.1, 0.15) is 8.24 Å². The Kier molecular flexibility index (Phi) is 5.07. The van der Waals surface area contributed by atoms with Crippen molar-refractivity contribution in [1.29, 1.82) is 0 Å². The van der Waals surface area contributed by atoms with Crippen LogP contribution in [0.25, 0.3) is 0 Å². The van der Waals surface area contributed by atoms with E-state index in [2.05, 4.69) is 98.6 Å². The Bertz CT molecular complexity index is 509. The van der Waals surface area contributed by atoms with Crippen LogP contribution >= 0.6 is 0 Å². The first-order valence-electron chi connectivity index (χ1n) is 7.79. The fraction of sp³-hybridized carbons (Fsp3) is 0.333. The van der Waals surface area contributed by atoms with Crippen LogP contribution in [-0.4, -0.2) is 25.6 Å². The summed E-state index contributed by atoms with van der Waals surface area (Å²) in [5.41, 5.74) is 2.78. The molecule has 0 amide bonds. The lowest BCUT2D eigenvalue weighted by atomic mass is 9.50. The SMILES string of the molecule is CC(C)N(B(c1ccccc1)c1ccccc1)[Si](C)(C)C. The van der Waals surface area contributed by atoms with Crippen LogP contribution in [0.15, 0.2) is 60.7 Å². The number of benzene rings is 2. The summed E-state index contributed by atoms with van der Waals surface area (Å²) < 4.78 is 2.73. The van der Waals surface area contributed by atoms with Gasteiger partial charge in [-0.25, -0.2) is 0 Å². The van der Waals surface area contributed by atoms with Crippen molar-refractivity contribution in [2.24, 2.45) is 0 Å². The summed E-state index contributed by atoms with van der Waals surface area (Å²) in [6.07, 6.45) is 0. The summed E-state index contributed by atoms with van der Waals surface area (Å²) in [5.74, 6) is 0. The van der Waals surface area contributed by atoms with Crippen LogP contribution in [0.3, 0.4) is 0 Å². The Morgan fingerprint density at radius 3 is 1.43 bits per heavy atom. The lowest BCUT2D eigenvalue weighted by molar-refractivity contribution is 0.525. The molecule has 2 rings (SSSR count). The van der Waals surface area contributed by atoms with Crippen molar-refractivity contribution in [2.45, 2.75) is 39.5 Å². The Balaban J connectivity index is 2.55. The smallest absolute Gasteiger partial charge is 0.285 e. The zero-order valence-corrected chi connectivity index (χ0v) is 14.9. The van der Waals surface area contributed by atoms with Gasteiger partial charge in [0.05, 0.1) is 0 Å². The maximum atomic E-state index is 2.73. The lowest BCUT2D eigenvalue weighted by Gasteiger charge is -2.43. The van der Waals surface area contributed by atoms with Crippen LogP contribution < -0.4 is 10.9 Å². The molecule has 0 atom stereocenters. The van der Waals surface area contributed by atoms with Gasteiger partial charge in [-0.05, 0) is 6.04 Å². The average molecular weight is 295 g/mol. The van der Waals surface area contributed by atoms with Crippen LogP contribution in [0.1, 0.15) is 13.8 Å². The normalized spacial score (nSPS) is 12.0. The quantitative estimate of drug-likeness (QED) is 0.765. The molecule has 110 valence electrons. The van der Waals surface area contributed by atoms with Gasteiger partial charge in [0.2, 0.25) is 0 Å². The van der Waals surface area contributed by atoms with Gasteiger partial charge in [-0.2, -0.15) is 0 Å². The maximum absolute atomic E-state index is 2.73. The van der Waals surface area contributed by atoms with Gasteiger partial charge >= 0.3 is 0 Å². The minimum absolute atomic E-state index is 0.346. The van der Waals surface area contributed by atoms with Crippen molar-refractivity contribution in [3.8, 4) is 0 Å². The highest BCUT2D eigenvalue weighted by molar-refractivity contribution is 6.93. The highest BCUT2D eigenvalue weighted by atomic mass is 28.3. The third kappa shape index (κ3) is 3.86. The molecule has 3 heteroatoms. The fourth-order valence-electron chi connectivity index (χ4n) is 3.24. The highest BCUT2D eigenvalue weighted by Crippen LogP contribution is 2.16. The minimum Gasteiger partial charge on any atom is -0.355 e. The van der Waals surface area contributed by atoms with Crippen molar-refractivity contribution in [3.63, 3.8) is 0 Å². The van der Waals surface area contributed by atoms with Crippen molar-refractivity contribution in [3.05, 3.63) is 60.7 Å². The fourth-order valence-corrected chi connectivity index (χ4v) is 5.87. The number of hydrogen-bond acceptors (Lipinski definition) is 1. The largest absolute Gasteiger partial charge is 0.355 e. The van der Waals surface area contributed by atoms with E-state index < -0.39 is 8.24 Å². The Morgan fingerprint density at radius 1 is 0.762 bits per heavy atom. The molecule has 0 heterocycles. The standard InChI is InChI=1S/C18H26BNSi/c1-16(2)20(21(3,4)5)19(17-12-8-6-9-13-17)18-14-10-7-11-15-18/h6-16H,1-5H3. The Labute approximate surface area is 131 Å². The molecule has 0 aromatic heterocycles. The molecule has 0 aliphatic carbocycles. The first-order valence-corrected chi connectivity index (χ1v) is 11.2. The van der Waals surface area contributed by atoms with Crippen molar-refractivity contribution >= 4 is 26.0 Å². The third-order valence-electron chi connectivity index (χ3n) is 3.84. The first kappa shape index (κ1) is 16.1. The second kappa shape index (κ2) is 6.63. The van der Waals surface area contributed by atoms with Gasteiger partial charge in [0.25, 0.3) is 6.85 Å². The summed E-state index contributed by atoms with van der Waals surface area (Å²) in [5, 5.41) is 0. The molecule has 0 fully saturated rings. The molecular formula is C18H26BNSi. The van der Waals surface area contributed by atoms with Gasteiger partial charge in [-0.15, -0.1) is 0 Å². The Hall–Kier alpha value is -1.32. The molecule has 0 unspecified atom stereocenters. The van der Waals surface area contributed by atoms with Gasteiger partial charge in [-0.3, -0.25) is 0 Å². The van der Waals surface area contributed by atoms with E-state index in [-0.39, 0.29) is 0 Å². The number of hydrogen-bond donors (Lipinski definition) is 0. The highest BCUT2D eigenvalue weighted by Gasteiger charge is 2.37. The van der Waals surface area contributed by atoms with Crippen LogP contribution in [-0.2, 0) is 0 Å². The predicted octanol–water partition coefficient (Wildman–Crippen LogP) is 3.34. The average Bonchev–Trinajstić information content (AvgIpc) is 2.44. The van der Waals surface area contributed by atoms with Gasteiger partial charge < -0.3 is 4.48 Å². The van der Waals surface area contributed by atoms with Crippen molar-refractivity contribution < 1.29 is 0 Å². The van der Waals surface area contributed by atoms with Crippen LogP contribution in [0.5, 0.6) is 0 Å². The second-order valence-corrected chi connectivity index (χ2v) is 11.8. The number of nitrogens with zero attached hydrogens (tertiary/aromatic N) is 1. The van der Waals surface area contributed by atoms with E-state index in [9.17, 15) is 0 Å². The van der Waals surface area contributed by atoms with E-state index >= 15 is 0 Å². The van der Waals surface area contributed by atoms with E-state index in [1.54, 1.807) is 0 Å². The van der Waals surface area contributed by atoms with E-state index in [4.69, 9.17) is 0 Å². The third-order valence-corrected chi connectivity index (χ3v) is 6.16. The molecule has 1 nitrogen and oxygen atoms in total. The molecule has 2 aromatic carbocycles. The minimum atomic E-state index is -1.45. The monoisotopic (exact) mass is 295 g/mol. The van der Waals surface area contributed by atoms with Gasteiger partial charge in [0, 0.05) is 0 Å². The lowest BCUT2D eigenvalue weighted by Crippen LogP contribution is -2.66. The van der Waals surface area contributed by atoms with Crippen molar-refractivity contribution in [2.75, 3.05) is 0 Å². The molecule has 2 aromatic rings. The predicted molar refractivity (Wildman–Crippen MR) is 98.2 cm³/mol. The molecule has 0 N–H and O–H groups in total. The van der Waals surface area contributed by atoms with E-state index in [0.29, 0.717) is 12.9 Å². The number of rotatable bonds is 5. The molecular weight excluding hydrogens is 269 g/mol. The van der Waals surface area contributed by atoms with Gasteiger partial charge in [-0.1, -0.05) is 105 Å². The molecule has 0 radical (unpaired) electrons. The molecule has 0 saturated heterocycles. The second-order valence-electron chi connectivity index (χ2n) is 6.90. The zero-order chi connectivity index (χ0) is 15.5.